The third-order valence-corrected chi connectivity index (χ3v) is 9.56. The molecule has 3 aliphatic rings. The van der Waals surface area contributed by atoms with Crippen molar-refractivity contribution in [3.8, 4) is 0 Å². The summed E-state index contributed by atoms with van der Waals surface area (Å²) in [5, 5.41) is 5.83. The molecular formula is C25H34F2N4O3S. The van der Waals surface area contributed by atoms with E-state index in [4.69, 9.17) is 4.99 Å². The van der Waals surface area contributed by atoms with Crippen molar-refractivity contribution in [2.75, 3.05) is 25.9 Å². The lowest BCUT2D eigenvalue weighted by atomic mass is 9.86. The zero-order valence-corrected chi connectivity index (χ0v) is 21.2. The number of nitrogens with one attached hydrogen (secondary N) is 2. The first-order valence-corrected chi connectivity index (χ1v) is 13.8. The van der Waals surface area contributed by atoms with Crippen LogP contribution in [0.2, 0.25) is 0 Å². The molecule has 1 amide bonds. The van der Waals surface area contributed by atoms with Crippen molar-refractivity contribution in [3.05, 3.63) is 47.2 Å². The summed E-state index contributed by atoms with van der Waals surface area (Å²) in [4.78, 5) is 16.7. The molecule has 2 fully saturated rings. The topological polar surface area (TPSA) is 90.9 Å². The lowest BCUT2D eigenvalue weighted by Gasteiger charge is -2.36. The number of carbonyl (C=O) groups excluding carboxylic acids is 1. The van der Waals surface area contributed by atoms with Crippen LogP contribution in [0.4, 0.5) is 8.78 Å². The van der Waals surface area contributed by atoms with Gasteiger partial charge in [0.2, 0.25) is 15.9 Å². The lowest BCUT2D eigenvalue weighted by Crippen LogP contribution is -2.47. The number of hydrogen-bond donors (Lipinski definition) is 2. The van der Waals surface area contributed by atoms with E-state index < -0.39 is 21.5 Å². The number of piperidine rings is 1. The lowest BCUT2D eigenvalue weighted by molar-refractivity contribution is -0.0395. The van der Waals surface area contributed by atoms with Gasteiger partial charge < -0.3 is 10.6 Å². The number of amidine groups is 1. The minimum atomic E-state index is -3.47. The van der Waals surface area contributed by atoms with E-state index in [1.807, 2.05) is 13.0 Å². The van der Waals surface area contributed by atoms with Crippen molar-refractivity contribution in [2.24, 2.45) is 10.9 Å². The molecule has 1 aromatic rings. The quantitative estimate of drug-likeness (QED) is 0.616. The fourth-order valence-electron chi connectivity index (χ4n) is 5.28. The molecule has 1 spiro atoms. The summed E-state index contributed by atoms with van der Waals surface area (Å²) < 4.78 is 54.7. The predicted octanol–water partition coefficient (Wildman–Crippen LogP) is 3.40. The van der Waals surface area contributed by atoms with E-state index in [0.29, 0.717) is 50.8 Å². The Morgan fingerprint density at radius 1 is 1.23 bits per heavy atom. The molecule has 35 heavy (non-hydrogen) atoms. The summed E-state index contributed by atoms with van der Waals surface area (Å²) in [5.74, 6) is -2.06. The predicted molar refractivity (Wildman–Crippen MR) is 132 cm³/mol. The molecule has 2 N–H and O–H groups in total. The van der Waals surface area contributed by atoms with Gasteiger partial charge in [-0.25, -0.2) is 21.5 Å². The standard InChI is InChI=1S/C25H34F2N4O3S/c1-17-16-21(23(32)28-3)5-4-19(17)8-15-35(33,34)31-13-11-24(12-14-31)18(2)29-22(30-24)20-6-9-25(26,27)10-7-20/h4-5,16,20H,2,6-15H2,1,3H3,(H,28,32)(H,29,30). The number of aryl methyl sites for hydroxylation is 2. The zero-order valence-electron chi connectivity index (χ0n) is 20.4. The molecular weight excluding hydrogens is 474 g/mol. The second-order valence-corrected chi connectivity index (χ2v) is 12.0. The van der Waals surface area contributed by atoms with Gasteiger partial charge in [0, 0.05) is 50.2 Å². The molecule has 2 heterocycles. The number of hydrogen-bond acceptors (Lipinski definition) is 5. The van der Waals surface area contributed by atoms with Crippen LogP contribution in [0.1, 0.15) is 60.0 Å². The second kappa shape index (κ2) is 9.61. The average Bonchev–Trinajstić information content (AvgIpc) is 3.13. The van der Waals surface area contributed by atoms with E-state index in [2.05, 4.69) is 17.2 Å². The maximum Gasteiger partial charge on any atom is 0.251 e. The van der Waals surface area contributed by atoms with Crippen LogP contribution < -0.4 is 10.6 Å². The van der Waals surface area contributed by atoms with E-state index >= 15 is 0 Å². The number of halogens is 2. The van der Waals surface area contributed by atoms with Crippen molar-refractivity contribution in [1.29, 1.82) is 0 Å². The van der Waals surface area contributed by atoms with Gasteiger partial charge in [-0.05, 0) is 62.3 Å². The van der Waals surface area contributed by atoms with Crippen molar-refractivity contribution in [1.82, 2.24) is 14.9 Å². The maximum absolute atomic E-state index is 13.5. The summed E-state index contributed by atoms with van der Waals surface area (Å²) in [5.41, 5.74) is 2.51. The van der Waals surface area contributed by atoms with Crippen LogP contribution in [0.25, 0.3) is 0 Å². The minimum Gasteiger partial charge on any atom is -0.355 e. The molecule has 192 valence electrons. The molecule has 4 rings (SSSR count). The van der Waals surface area contributed by atoms with Gasteiger partial charge in [0.15, 0.2) is 0 Å². The number of sulfonamides is 1. The summed E-state index contributed by atoms with van der Waals surface area (Å²) in [6.07, 6.45) is 1.94. The summed E-state index contributed by atoms with van der Waals surface area (Å²) in [6, 6.07) is 5.29. The molecule has 0 radical (unpaired) electrons. The molecule has 1 aromatic carbocycles. The molecule has 0 bridgehead atoms. The van der Waals surface area contributed by atoms with Gasteiger partial charge in [0.1, 0.15) is 11.4 Å². The van der Waals surface area contributed by atoms with Crippen LogP contribution in [0.3, 0.4) is 0 Å². The Hall–Kier alpha value is -2.33. The molecule has 1 saturated heterocycles. The monoisotopic (exact) mass is 508 g/mol. The third-order valence-electron chi connectivity index (χ3n) is 7.68. The summed E-state index contributed by atoms with van der Waals surface area (Å²) >= 11 is 0. The first kappa shape index (κ1) is 25.8. The van der Waals surface area contributed by atoms with Crippen molar-refractivity contribution in [3.63, 3.8) is 0 Å². The van der Waals surface area contributed by atoms with E-state index in [1.165, 1.54) is 4.31 Å². The van der Waals surface area contributed by atoms with Gasteiger partial charge in [0.05, 0.1) is 5.75 Å². The molecule has 1 saturated carbocycles. The highest BCUT2D eigenvalue weighted by Gasteiger charge is 2.46. The number of amides is 1. The SMILES string of the molecule is C=C1NC(C2CCC(F)(F)CC2)=NC12CCN(S(=O)(=O)CCc1ccc(C(=O)NC)cc1C)CC2. The highest BCUT2D eigenvalue weighted by molar-refractivity contribution is 7.89. The van der Waals surface area contributed by atoms with Crippen molar-refractivity contribution < 1.29 is 22.0 Å². The van der Waals surface area contributed by atoms with Gasteiger partial charge >= 0.3 is 0 Å². The van der Waals surface area contributed by atoms with Crippen LogP contribution in [0.5, 0.6) is 0 Å². The van der Waals surface area contributed by atoms with Gasteiger partial charge in [0.25, 0.3) is 5.91 Å². The van der Waals surface area contributed by atoms with E-state index in [0.717, 1.165) is 22.7 Å². The normalized spacial score (nSPS) is 22.6. The molecule has 0 aromatic heterocycles. The first-order chi connectivity index (χ1) is 16.4. The fourth-order valence-corrected chi connectivity index (χ4v) is 6.76. The largest absolute Gasteiger partial charge is 0.355 e. The van der Waals surface area contributed by atoms with E-state index in [9.17, 15) is 22.0 Å². The smallest absolute Gasteiger partial charge is 0.251 e. The molecule has 1 aliphatic carbocycles. The molecule has 2 aliphatic heterocycles. The molecule has 0 atom stereocenters. The number of aliphatic imine (C=N–C) groups is 1. The Labute approximate surface area is 206 Å². The van der Waals surface area contributed by atoms with Gasteiger partial charge in [-0.1, -0.05) is 12.6 Å². The van der Waals surface area contributed by atoms with Crippen LogP contribution in [0.15, 0.2) is 35.5 Å². The summed E-state index contributed by atoms with van der Waals surface area (Å²) in [6.45, 7) is 6.70. The van der Waals surface area contributed by atoms with Crippen LogP contribution >= 0.6 is 0 Å². The zero-order chi connectivity index (χ0) is 25.4. The number of alkyl halides is 2. The maximum atomic E-state index is 13.5. The highest BCUT2D eigenvalue weighted by Crippen LogP contribution is 2.41. The highest BCUT2D eigenvalue weighted by atomic mass is 32.2. The Kier molecular flexibility index (Phi) is 7.07. The Bertz CT molecular complexity index is 1130. The Morgan fingerprint density at radius 3 is 2.49 bits per heavy atom. The van der Waals surface area contributed by atoms with Crippen LogP contribution in [-0.2, 0) is 16.4 Å². The number of nitrogens with zero attached hydrogens (tertiary/aromatic N) is 2. The minimum absolute atomic E-state index is 0.00976. The third kappa shape index (κ3) is 5.43. The Morgan fingerprint density at radius 2 is 1.89 bits per heavy atom. The van der Waals surface area contributed by atoms with Crippen molar-refractivity contribution >= 4 is 21.8 Å². The van der Waals surface area contributed by atoms with E-state index in [1.54, 1.807) is 19.2 Å². The van der Waals surface area contributed by atoms with Gasteiger partial charge in [-0.2, -0.15) is 0 Å². The summed E-state index contributed by atoms with van der Waals surface area (Å²) in [7, 11) is -1.90. The number of carbonyl (C=O) groups is 1. The molecule has 7 nitrogen and oxygen atoms in total. The van der Waals surface area contributed by atoms with Crippen LogP contribution in [-0.4, -0.2) is 61.8 Å². The molecule has 0 unspecified atom stereocenters. The van der Waals surface area contributed by atoms with Crippen molar-refractivity contribution in [2.45, 2.75) is 63.3 Å². The van der Waals surface area contributed by atoms with Gasteiger partial charge in [-0.3, -0.25) is 9.79 Å². The fraction of sp³-hybridized carbons (Fsp3) is 0.600. The number of benzene rings is 1. The van der Waals surface area contributed by atoms with Crippen LogP contribution in [0, 0.1) is 12.8 Å². The average molecular weight is 509 g/mol. The first-order valence-electron chi connectivity index (χ1n) is 12.2. The van der Waals surface area contributed by atoms with Gasteiger partial charge in [-0.15, -0.1) is 0 Å². The number of rotatable bonds is 6. The Balaban J connectivity index is 1.36. The second-order valence-electron chi connectivity index (χ2n) is 9.95. The molecule has 10 heteroatoms. The van der Waals surface area contributed by atoms with E-state index in [-0.39, 0.29) is 30.4 Å².